The molecule has 1 heterocycles. The summed E-state index contributed by atoms with van der Waals surface area (Å²) in [5.74, 6) is -0.443. The Kier molecular flexibility index (Phi) is 5.61. The first-order valence-electron chi connectivity index (χ1n) is 8.42. The van der Waals surface area contributed by atoms with Crippen LogP contribution < -0.4 is 15.5 Å². The summed E-state index contributed by atoms with van der Waals surface area (Å²) < 4.78 is 13.6. The lowest BCUT2D eigenvalue weighted by Crippen LogP contribution is -2.24. The fraction of sp³-hybridized carbons (Fsp3) is 0.150. The number of halogens is 1. The fourth-order valence-corrected chi connectivity index (χ4v) is 2.43. The first kappa shape index (κ1) is 18.3. The molecule has 1 aromatic heterocycles. The van der Waals surface area contributed by atoms with Crippen molar-refractivity contribution in [1.82, 2.24) is 15.3 Å². The highest BCUT2D eigenvalue weighted by molar-refractivity contribution is 5.92. The highest BCUT2D eigenvalue weighted by atomic mass is 19.1. The van der Waals surface area contributed by atoms with Gasteiger partial charge in [-0.2, -0.15) is 0 Å². The smallest absolute Gasteiger partial charge is 0.270 e. The Balaban J connectivity index is 1.65. The van der Waals surface area contributed by atoms with E-state index in [1.807, 2.05) is 43.3 Å². The van der Waals surface area contributed by atoms with Gasteiger partial charge >= 0.3 is 0 Å². The maximum atomic E-state index is 13.6. The SMILES string of the molecule is CN(C)c1ccc(Nc2nccc(C(=O)NCc3ccccc3F)n2)cc1. The second-order valence-electron chi connectivity index (χ2n) is 6.11. The molecule has 1 amide bonds. The van der Waals surface area contributed by atoms with E-state index in [2.05, 4.69) is 20.6 Å². The van der Waals surface area contributed by atoms with Gasteiger partial charge in [-0.1, -0.05) is 18.2 Å². The molecule has 27 heavy (non-hydrogen) atoms. The Labute approximate surface area is 157 Å². The lowest BCUT2D eigenvalue weighted by molar-refractivity contribution is 0.0945. The minimum absolute atomic E-state index is 0.0876. The molecule has 0 saturated heterocycles. The molecule has 0 radical (unpaired) electrons. The Bertz CT molecular complexity index is 928. The minimum Gasteiger partial charge on any atom is -0.378 e. The first-order chi connectivity index (χ1) is 13.0. The number of rotatable bonds is 6. The van der Waals surface area contributed by atoms with Crippen LogP contribution in [-0.2, 0) is 6.54 Å². The summed E-state index contributed by atoms with van der Waals surface area (Å²) in [4.78, 5) is 22.7. The monoisotopic (exact) mass is 365 g/mol. The third-order valence-electron chi connectivity index (χ3n) is 3.93. The van der Waals surface area contributed by atoms with Crippen LogP contribution in [0.2, 0.25) is 0 Å². The van der Waals surface area contributed by atoms with Crippen molar-refractivity contribution in [2.24, 2.45) is 0 Å². The number of aromatic nitrogens is 2. The number of anilines is 3. The van der Waals surface area contributed by atoms with E-state index in [1.165, 1.54) is 18.3 Å². The molecule has 2 aromatic carbocycles. The number of carbonyl (C=O) groups excluding carboxylic acids is 1. The van der Waals surface area contributed by atoms with Gasteiger partial charge in [0.2, 0.25) is 5.95 Å². The lowest BCUT2D eigenvalue weighted by Gasteiger charge is -2.13. The van der Waals surface area contributed by atoms with Crippen molar-refractivity contribution in [2.75, 3.05) is 24.3 Å². The van der Waals surface area contributed by atoms with Crippen LogP contribution >= 0.6 is 0 Å². The summed E-state index contributed by atoms with van der Waals surface area (Å²) in [5, 5.41) is 5.73. The molecule has 0 unspecified atom stereocenters. The average molecular weight is 365 g/mol. The lowest BCUT2D eigenvalue weighted by atomic mass is 10.2. The highest BCUT2D eigenvalue weighted by Crippen LogP contribution is 2.18. The summed E-state index contributed by atoms with van der Waals surface area (Å²) in [6, 6.07) is 15.6. The van der Waals surface area contributed by atoms with Gasteiger partial charge in [-0.3, -0.25) is 4.79 Å². The summed E-state index contributed by atoms with van der Waals surface area (Å²) in [6.45, 7) is 0.0876. The van der Waals surface area contributed by atoms with E-state index >= 15 is 0 Å². The second kappa shape index (κ2) is 8.27. The highest BCUT2D eigenvalue weighted by Gasteiger charge is 2.10. The Morgan fingerprint density at radius 2 is 1.81 bits per heavy atom. The molecule has 0 aliphatic rings. The Morgan fingerprint density at radius 1 is 1.07 bits per heavy atom. The van der Waals surface area contributed by atoms with E-state index in [4.69, 9.17) is 0 Å². The van der Waals surface area contributed by atoms with Gasteiger partial charge in [0, 0.05) is 43.8 Å². The van der Waals surface area contributed by atoms with Crippen LogP contribution in [0, 0.1) is 5.82 Å². The van der Waals surface area contributed by atoms with E-state index in [9.17, 15) is 9.18 Å². The van der Waals surface area contributed by atoms with Gasteiger partial charge in [0.15, 0.2) is 0 Å². The van der Waals surface area contributed by atoms with E-state index < -0.39 is 5.91 Å². The normalized spacial score (nSPS) is 10.3. The predicted molar refractivity (Wildman–Crippen MR) is 104 cm³/mol. The summed E-state index contributed by atoms with van der Waals surface area (Å²) in [5.41, 5.74) is 2.50. The van der Waals surface area contributed by atoms with Crippen molar-refractivity contribution in [2.45, 2.75) is 6.54 Å². The number of amides is 1. The van der Waals surface area contributed by atoms with Gasteiger partial charge in [0.25, 0.3) is 5.91 Å². The molecule has 0 aliphatic heterocycles. The molecule has 0 atom stereocenters. The zero-order valence-corrected chi connectivity index (χ0v) is 15.1. The van der Waals surface area contributed by atoms with E-state index in [0.717, 1.165) is 11.4 Å². The van der Waals surface area contributed by atoms with Crippen molar-refractivity contribution in [3.8, 4) is 0 Å². The molecule has 7 heteroatoms. The first-order valence-corrected chi connectivity index (χ1v) is 8.42. The van der Waals surface area contributed by atoms with E-state index in [0.29, 0.717) is 11.5 Å². The molecule has 0 spiro atoms. The van der Waals surface area contributed by atoms with Crippen molar-refractivity contribution >= 4 is 23.2 Å². The Morgan fingerprint density at radius 3 is 2.52 bits per heavy atom. The van der Waals surface area contributed by atoms with Gasteiger partial charge in [0.1, 0.15) is 11.5 Å². The van der Waals surface area contributed by atoms with Crippen molar-refractivity contribution < 1.29 is 9.18 Å². The largest absolute Gasteiger partial charge is 0.378 e. The Hall–Kier alpha value is -3.48. The maximum Gasteiger partial charge on any atom is 0.270 e. The topological polar surface area (TPSA) is 70.2 Å². The second-order valence-corrected chi connectivity index (χ2v) is 6.11. The van der Waals surface area contributed by atoms with E-state index in [-0.39, 0.29) is 18.1 Å². The van der Waals surface area contributed by atoms with E-state index in [1.54, 1.807) is 18.2 Å². The van der Waals surface area contributed by atoms with Gasteiger partial charge in [-0.15, -0.1) is 0 Å². The van der Waals surface area contributed by atoms with Crippen molar-refractivity contribution in [3.05, 3.63) is 77.9 Å². The molecular formula is C20H20FN5O. The van der Waals surface area contributed by atoms with Crippen LogP contribution in [0.3, 0.4) is 0 Å². The molecule has 0 fully saturated rings. The molecule has 3 aromatic rings. The van der Waals surface area contributed by atoms with Gasteiger partial charge in [0.05, 0.1) is 0 Å². The van der Waals surface area contributed by atoms with Crippen molar-refractivity contribution in [3.63, 3.8) is 0 Å². The quantitative estimate of drug-likeness (QED) is 0.701. The van der Waals surface area contributed by atoms with Crippen LogP contribution in [0.25, 0.3) is 0 Å². The van der Waals surface area contributed by atoms with Gasteiger partial charge in [-0.05, 0) is 36.4 Å². The number of benzene rings is 2. The van der Waals surface area contributed by atoms with Crippen LogP contribution in [0.1, 0.15) is 16.1 Å². The van der Waals surface area contributed by atoms with Gasteiger partial charge < -0.3 is 15.5 Å². The van der Waals surface area contributed by atoms with Crippen LogP contribution in [0.4, 0.5) is 21.7 Å². The zero-order chi connectivity index (χ0) is 19.2. The van der Waals surface area contributed by atoms with Gasteiger partial charge in [-0.25, -0.2) is 14.4 Å². The summed E-state index contributed by atoms with van der Waals surface area (Å²) in [7, 11) is 3.93. The molecule has 0 aliphatic carbocycles. The van der Waals surface area contributed by atoms with Crippen LogP contribution in [0.5, 0.6) is 0 Å². The summed E-state index contributed by atoms with van der Waals surface area (Å²) in [6.07, 6.45) is 1.50. The number of nitrogens with zero attached hydrogens (tertiary/aromatic N) is 3. The van der Waals surface area contributed by atoms with Crippen LogP contribution in [0.15, 0.2) is 60.8 Å². The number of carbonyl (C=O) groups is 1. The van der Waals surface area contributed by atoms with Crippen LogP contribution in [-0.4, -0.2) is 30.0 Å². The number of hydrogen-bond acceptors (Lipinski definition) is 5. The number of nitrogens with one attached hydrogen (secondary N) is 2. The predicted octanol–water partition coefficient (Wildman–Crippen LogP) is 3.36. The third kappa shape index (κ3) is 4.78. The minimum atomic E-state index is -0.397. The third-order valence-corrected chi connectivity index (χ3v) is 3.93. The van der Waals surface area contributed by atoms with Crippen molar-refractivity contribution in [1.29, 1.82) is 0 Å². The molecule has 6 nitrogen and oxygen atoms in total. The molecule has 138 valence electrons. The fourth-order valence-electron chi connectivity index (χ4n) is 2.43. The number of hydrogen-bond donors (Lipinski definition) is 2. The molecule has 0 saturated carbocycles. The maximum absolute atomic E-state index is 13.6. The average Bonchev–Trinajstić information content (AvgIpc) is 2.68. The summed E-state index contributed by atoms with van der Waals surface area (Å²) >= 11 is 0. The molecule has 3 rings (SSSR count). The molecular weight excluding hydrogens is 345 g/mol. The molecule has 2 N–H and O–H groups in total. The zero-order valence-electron chi connectivity index (χ0n) is 15.1. The molecule has 0 bridgehead atoms. The standard InChI is InChI=1S/C20H20FN5O/c1-26(2)16-9-7-15(8-10-16)24-20-22-12-11-18(25-20)19(27)23-13-14-5-3-4-6-17(14)21/h3-12H,13H2,1-2H3,(H,23,27)(H,22,24,25).